The van der Waals surface area contributed by atoms with Gasteiger partial charge in [-0.2, -0.15) is 0 Å². The van der Waals surface area contributed by atoms with E-state index in [1.165, 1.54) is 0 Å². The van der Waals surface area contributed by atoms with Crippen LogP contribution < -0.4 is 11.1 Å². The molecular formula is C12H15N5O. The summed E-state index contributed by atoms with van der Waals surface area (Å²) >= 11 is 0. The summed E-state index contributed by atoms with van der Waals surface area (Å²) in [5.41, 5.74) is 6.94. The van der Waals surface area contributed by atoms with Gasteiger partial charge in [-0.15, -0.1) is 5.10 Å². The second kappa shape index (κ2) is 5.92. The first-order valence-electron chi connectivity index (χ1n) is 5.72. The van der Waals surface area contributed by atoms with E-state index in [1.54, 1.807) is 10.9 Å². The number of para-hydroxylation sites is 1. The molecule has 0 saturated carbocycles. The molecule has 0 spiro atoms. The normalized spacial score (nSPS) is 10.3. The quantitative estimate of drug-likeness (QED) is 0.814. The Morgan fingerprint density at radius 1 is 1.33 bits per heavy atom. The number of aryl methyl sites for hydroxylation is 1. The standard InChI is InChI=1S/C12H15N5O/c13-8-11-9-17(16-15-11)7-6-12(18)14-10-4-2-1-3-5-10/h1-5,9H,6-8,13H2,(H,14,18). The third kappa shape index (κ3) is 3.39. The van der Waals surface area contributed by atoms with Crippen molar-refractivity contribution in [2.75, 3.05) is 5.32 Å². The maximum atomic E-state index is 11.7. The van der Waals surface area contributed by atoms with Crippen molar-refractivity contribution in [1.82, 2.24) is 15.0 Å². The summed E-state index contributed by atoms with van der Waals surface area (Å²) in [6.45, 7) is 0.849. The Balaban J connectivity index is 1.81. The first-order chi connectivity index (χ1) is 8.78. The second-order valence-corrected chi connectivity index (χ2v) is 3.84. The molecule has 1 aromatic heterocycles. The zero-order valence-electron chi connectivity index (χ0n) is 9.91. The van der Waals surface area contributed by atoms with Gasteiger partial charge in [0.05, 0.1) is 12.2 Å². The van der Waals surface area contributed by atoms with Crippen molar-refractivity contribution in [2.45, 2.75) is 19.5 Å². The lowest BCUT2D eigenvalue weighted by Gasteiger charge is -2.04. The molecule has 0 bridgehead atoms. The van der Waals surface area contributed by atoms with E-state index in [0.717, 1.165) is 11.4 Å². The lowest BCUT2D eigenvalue weighted by Crippen LogP contribution is -2.14. The van der Waals surface area contributed by atoms with Crippen molar-refractivity contribution in [1.29, 1.82) is 0 Å². The van der Waals surface area contributed by atoms with Gasteiger partial charge in [-0.25, -0.2) is 0 Å². The third-order valence-electron chi connectivity index (χ3n) is 2.42. The van der Waals surface area contributed by atoms with Gasteiger partial charge in [-0.1, -0.05) is 23.4 Å². The van der Waals surface area contributed by atoms with Crippen molar-refractivity contribution >= 4 is 11.6 Å². The summed E-state index contributed by atoms with van der Waals surface area (Å²) in [7, 11) is 0. The van der Waals surface area contributed by atoms with E-state index in [1.807, 2.05) is 30.3 Å². The van der Waals surface area contributed by atoms with Gasteiger partial charge in [0.25, 0.3) is 0 Å². The maximum Gasteiger partial charge on any atom is 0.226 e. The predicted molar refractivity (Wildman–Crippen MR) is 67.6 cm³/mol. The van der Waals surface area contributed by atoms with Gasteiger partial charge in [0.15, 0.2) is 0 Å². The molecule has 0 aliphatic rings. The molecule has 2 rings (SSSR count). The van der Waals surface area contributed by atoms with Crippen molar-refractivity contribution < 1.29 is 4.79 Å². The first kappa shape index (κ1) is 12.3. The first-order valence-corrected chi connectivity index (χ1v) is 5.72. The van der Waals surface area contributed by atoms with Crippen molar-refractivity contribution in [3.8, 4) is 0 Å². The number of anilines is 1. The fourth-order valence-corrected chi connectivity index (χ4v) is 1.50. The van der Waals surface area contributed by atoms with Crippen LogP contribution in [0.3, 0.4) is 0 Å². The van der Waals surface area contributed by atoms with Crippen LogP contribution in [0.5, 0.6) is 0 Å². The van der Waals surface area contributed by atoms with E-state index in [4.69, 9.17) is 5.73 Å². The lowest BCUT2D eigenvalue weighted by atomic mass is 10.3. The zero-order chi connectivity index (χ0) is 12.8. The largest absolute Gasteiger partial charge is 0.326 e. The predicted octanol–water partition coefficient (Wildman–Crippen LogP) is 0.766. The molecule has 94 valence electrons. The van der Waals surface area contributed by atoms with E-state index in [0.29, 0.717) is 19.5 Å². The van der Waals surface area contributed by atoms with E-state index in [9.17, 15) is 4.79 Å². The van der Waals surface area contributed by atoms with Gasteiger partial charge < -0.3 is 11.1 Å². The average molecular weight is 245 g/mol. The van der Waals surface area contributed by atoms with Crippen LogP contribution in [-0.2, 0) is 17.9 Å². The molecule has 2 aromatic rings. The summed E-state index contributed by atoms with van der Waals surface area (Å²) in [6.07, 6.45) is 2.10. The summed E-state index contributed by atoms with van der Waals surface area (Å²) in [5, 5.41) is 10.5. The Hall–Kier alpha value is -2.21. The fourth-order valence-electron chi connectivity index (χ4n) is 1.50. The number of hydrogen-bond donors (Lipinski definition) is 2. The second-order valence-electron chi connectivity index (χ2n) is 3.84. The molecule has 1 aromatic carbocycles. The number of carbonyl (C=O) groups excluding carboxylic acids is 1. The van der Waals surface area contributed by atoms with Crippen LogP contribution in [0.1, 0.15) is 12.1 Å². The van der Waals surface area contributed by atoms with E-state index < -0.39 is 0 Å². The Morgan fingerprint density at radius 2 is 2.11 bits per heavy atom. The molecule has 0 saturated heterocycles. The number of carbonyl (C=O) groups is 1. The minimum Gasteiger partial charge on any atom is -0.326 e. The molecule has 6 heteroatoms. The highest BCUT2D eigenvalue weighted by Crippen LogP contribution is 2.05. The number of benzene rings is 1. The van der Waals surface area contributed by atoms with Crippen molar-refractivity contribution in [3.05, 3.63) is 42.2 Å². The number of nitrogens with one attached hydrogen (secondary N) is 1. The molecule has 0 atom stereocenters. The number of aromatic nitrogens is 3. The highest BCUT2D eigenvalue weighted by Gasteiger charge is 2.04. The SMILES string of the molecule is NCc1cn(CCC(=O)Nc2ccccc2)nn1. The maximum absolute atomic E-state index is 11.7. The van der Waals surface area contributed by atoms with Gasteiger partial charge >= 0.3 is 0 Å². The Kier molecular flexibility index (Phi) is 4.03. The molecule has 0 unspecified atom stereocenters. The third-order valence-corrected chi connectivity index (χ3v) is 2.42. The molecule has 3 N–H and O–H groups in total. The molecule has 0 radical (unpaired) electrons. The van der Waals surface area contributed by atoms with Crippen LogP contribution in [0.15, 0.2) is 36.5 Å². The average Bonchev–Trinajstić information content (AvgIpc) is 2.85. The van der Waals surface area contributed by atoms with Crippen LogP contribution in [-0.4, -0.2) is 20.9 Å². The molecule has 6 nitrogen and oxygen atoms in total. The molecule has 0 aliphatic carbocycles. The summed E-state index contributed by atoms with van der Waals surface area (Å²) in [6, 6.07) is 9.35. The van der Waals surface area contributed by atoms with Crippen LogP contribution in [0.25, 0.3) is 0 Å². The summed E-state index contributed by atoms with van der Waals surface area (Å²) in [4.78, 5) is 11.7. The molecule has 1 amide bonds. The van der Waals surface area contributed by atoms with E-state index >= 15 is 0 Å². The van der Waals surface area contributed by atoms with Crippen LogP contribution in [0.4, 0.5) is 5.69 Å². The number of nitrogens with zero attached hydrogens (tertiary/aromatic N) is 3. The minimum atomic E-state index is -0.0500. The summed E-state index contributed by atoms with van der Waals surface area (Å²) < 4.78 is 1.62. The van der Waals surface area contributed by atoms with Crippen LogP contribution in [0, 0.1) is 0 Å². The monoisotopic (exact) mass is 245 g/mol. The van der Waals surface area contributed by atoms with Gasteiger partial charge in [0, 0.05) is 24.8 Å². The van der Waals surface area contributed by atoms with Gasteiger partial charge in [0.2, 0.25) is 5.91 Å². The zero-order valence-corrected chi connectivity index (χ0v) is 9.91. The molecule has 0 aliphatic heterocycles. The number of rotatable bonds is 5. The molecular weight excluding hydrogens is 230 g/mol. The van der Waals surface area contributed by atoms with Gasteiger partial charge in [-0.05, 0) is 12.1 Å². The Labute approximate surface area is 105 Å². The number of hydrogen-bond acceptors (Lipinski definition) is 4. The van der Waals surface area contributed by atoms with Crippen LogP contribution >= 0.6 is 0 Å². The molecule has 0 fully saturated rings. The molecule has 18 heavy (non-hydrogen) atoms. The number of nitrogens with two attached hydrogens (primary N) is 1. The van der Waals surface area contributed by atoms with E-state index in [2.05, 4.69) is 15.6 Å². The fraction of sp³-hybridized carbons (Fsp3) is 0.250. The smallest absolute Gasteiger partial charge is 0.226 e. The van der Waals surface area contributed by atoms with Gasteiger partial charge in [-0.3, -0.25) is 9.48 Å². The van der Waals surface area contributed by atoms with Gasteiger partial charge in [0.1, 0.15) is 0 Å². The summed E-state index contributed by atoms with van der Waals surface area (Å²) in [5.74, 6) is -0.0500. The van der Waals surface area contributed by atoms with Crippen molar-refractivity contribution in [2.24, 2.45) is 5.73 Å². The molecule has 1 heterocycles. The number of amides is 1. The van der Waals surface area contributed by atoms with Crippen LogP contribution in [0.2, 0.25) is 0 Å². The highest BCUT2D eigenvalue weighted by molar-refractivity contribution is 5.90. The topological polar surface area (TPSA) is 85.8 Å². The highest BCUT2D eigenvalue weighted by atomic mass is 16.1. The Bertz CT molecular complexity index is 508. The lowest BCUT2D eigenvalue weighted by molar-refractivity contribution is -0.116. The van der Waals surface area contributed by atoms with Crippen molar-refractivity contribution in [3.63, 3.8) is 0 Å². The van der Waals surface area contributed by atoms with E-state index in [-0.39, 0.29) is 5.91 Å². The Morgan fingerprint density at radius 3 is 2.78 bits per heavy atom. The minimum absolute atomic E-state index is 0.0500.